The summed E-state index contributed by atoms with van der Waals surface area (Å²) in [7, 11) is 0. The maximum atomic E-state index is 11.3. The van der Waals surface area contributed by atoms with E-state index in [2.05, 4.69) is 16.9 Å². The van der Waals surface area contributed by atoms with Crippen molar-refractivity contribution in [1.29, 1.82) is 0 Å². The second-order valence-electron chi connectivity index (χ2n) is 2.77. The highest BCUT2D eigenvalue weighted by Crippen LogP contribution is 1.99. The number of hydrogen-bond donors (Lipinski definition) is 1. The third-order valence-corrected chi connectivity index (χ3v) is 1.70. The molecule has 0 spiro atoms. The molecule has 0 radical (unpaired) electrons. The summed E-state index contributed by atoms with van der Waals surface area (Å²) < 4.78 is 0. The smallest absolute Gasteiger partial charge is 0.356 e. The zero-order valence-corrected chi connectivity index (χ0v) is 8.05. The summed E-state index contributed by atoms with van der Waals surface area (Å²) in [6, 6.07) is 7.80. The summed E-state index contributed by atoms with van der Waals surface area (Å²) in [5.74, 6) is -0.538. The molecule has 0 amide bonds. The third-order valence-electron chi connectivity index (χ3n) is 1.70. The van der Waals surface area contributed by atoms with Crippen molar-refractivity contribution >= 4 is 12.3 Å². The Bertz CT molecular complexity index is 340. The Morgan fingerprint density at radius 1 is 1.40 bits per heavy atom. The second-order valence-corrected chi connectivity index (χ2v) is 2.77. The molecule has 4 heteroatoms. The Balaban J connectivity index is 2.50. The number of carbonyl (C=O) groups excluding carboxylic acids is 2. The van der Waals surface area contributed by atoms with Gasteiger partial charge in [0.1, 0.15) is 12.3 Å². The Morgan fingerprint density at radius 2 is 2.07 bits per heavy atom. The first kappa shape index (κ1) is 11.1. The highest BCUT2D eigenvalue weighted by atomic mass is 16.7. The molecule has 0 aliphatic carbocycles. The number of hydrogen-bond acceptors (Lipinski definition) is 4. The fourth-order valence-electron chi connectivity index (χ4n) is 0.886. The van der Waals surface area contributed by atoms with Crippen LogP contribution in [0.25, 0.3) is 0 Å². The van der Waals surface area contributed by atoms with Gasteiger partial charge in [-0.15, -0.1) is 12.1 Å². The largest absolute Gasteiger partial charge is 0.366 e. The van der Waals surface area contributed by atoms with Gasteiger partial charge in [-0.2, -0.15) is 0 Å². The van der Waals surface area contributed by atoms with Crippen LogP contribution in [0.5, 0.6) is 0 Å². The summed E-state index contributed by atoms with van der Waals surface area (Å²) in [4.78, 5) is 26.4. The lowest BCUT2D eigenvalue weighted by Gasteiger charge is -2.07. The first-order valence-corrected chi connectivity index (χ1v) is 4.37. The first-order chi connectivity index (χ1) is 7.27. The summed E-state index contributed by atoms with van der Waals surface area (Å²) in [5, 5.41) is 0. The van der Waals surface area contributed by atoms with Gasteiger partial charge in [0.15, 0.2) is 0 Å². The molecule has 0 heterocycles. The van der Waals surface area contributed by atoms with Gasteiger partial charge in [0.05, 0.1) is 5.56 Å². The van der Waals surface area contributed by atoms with Gasteiger partial charge in [-0.1, -0.05) is 24.3 Å². The van der Waals surface area contributed by atoms with E-state index in [0.29, 0.717) is 11.8 Å². The SMILES string of the molecule is C=C[C@@H](C=O)NOC(=O)c1ccccc1. The van der Waals surface area contributed by atoms with E-state index in [0.717, 1.165) is 0 Å². The molecule has 0 aliphatic rings. The maximum Gasteiger partial charge on any atom is 0.356 e. The van der Waals surface area contributed by atoms with Crippen molar-refractivity contribution in [3.05, 3.63) is 48.6 Å². The van der Waals surface area contributed by atoms with Crippen LogP contribution in [-0.4, -0.2) is 18.3 Å². The Kier molecular flexibility index (Phi) is 4.25. The standard InChI is InChI=1S/C11H11NO3/c1-2-10(8-13)12-15-11(14)9-6-4-3-5-7-9/h2-8,10,12H,1H2/t10-/m0/s1. The van der Waals surface area contributed by atoms with Gasteiger partial charge in [-0.05, 0) is 12.1 Å². The van der Waals surface area contributed by atoms with Crippen LogP contribution in [0, 0.1) is 0 Å². The summed E-state index contributed by atoms with van der Waals surface area (Å²) in [6.45, 7) is 3.40. The lowest BCUT2D eigenvalue weighted by molar-refractivity contribution is -0.110. The quantitative estimate of drug-likeness (QED) is 0.444. The number of nitrogens with one attached hydrogen (secondary N) is 1. The highest BCUT2D eigenvalue weighted by molar-refractivity contribution is 5.89. The number of aldehydes is 1. The number of hydroxylamine groups is 1. The van der Waals surface area contributed by atoms with Gasteiger partial charge in [-0.3, -0.25) is 0 Å². The molecule has 78 valence electrons. The minimum Gasteiger partial charge on any atom is -0.366 e. The minimum atomic E-state index is -0.683. The fourth-order valence-corrected chi connectivity index (χ4v) is 0.886. The molecule has 1 atom stereocenters. The van der Waals surface area contributed by atoms with E-state index < -0.39 is 12.0 Å². The van der Waals surface area contributed by atoms with Crippen molar-refractivity contribution in [2.45, 2.75) is 6.04 Å². The molecule has 0 saturated carbocycles. The van der Waals surface area contributed by atoms with Crippen molar-refractivity contribution in [1.82, 2.24) is 5.48 Å². The molecule has 0 fully saturated rings. The monoisotopic (exact) mass is 205 g/mol. The first-order valence-electron chi connectivity index (χ1n) is 4.37. The Labute approximate surface area is 87.5 Å². The van der Waals surface area contributed by atoms with Crippen LogP contribution in [0.2, 0.25) is 0 Å². The molecule has 1 aromatic rings. The topological polar surface area (TPSA) is 55.4 Å². The predicted octanol–water partition coefficient (Wildman–Crippen LogP) is 1.10. The zero-order valence-electron chi connectivity index (χ0n) is 8.05. The van der Waals surface area contributed by atoms with Gasteiger partial charge in [0.2, 0.25) is 0 Å². The molecule has 0 bridgehead atoms. The summed E-state index contributed by atoms with van der Waals surface area (Å²) in [6.07, 6.45) is 1.93. The molecule has 15 heavy (non-hydrogen) atoms. The van der Waals surface area contributed by atoms with Gasteiger partial charge >= 0.3 is 5.97 Å². The minimum absolute atomic E-state index is 0.415. The molecule has 0 saturated heterocycles. The fraction of sp³-hybridized carbons (Fsp3) is 0.0909. The molecule has 1 aromatic carbocycles. The van der Waals surface area contributed by atoms with Crippen LogP contribution in [0.15, 0.2) is 43.0 Å². The lowest BCUT2D eigenvalue weighted by Crippen LogP contribution is -2.31. The second kappa shape index (κ2) is 5.72. The molecule has 0 unspecified atom stereocenters. The van der Waals surface area contributed by atoms with Crippen molar-refractivity contribution in [2.75, 3.05) is 0 Å². The highest BCUT2D eigenvalue weighted by Gasteiger charge is 2.08. The maximum absolute atomic E-state index is 11.3. The number of rotatable bonds is 5. The van der Waals surface area contributed by atoms with E-state index >= 15 is 0 Å². The summed E-state index contributed by atoms with van der Waals surface area (Å²) >= 11 is 0. The molecule has 1 N–H and O–H groups in total. The van der Waals surface area contributed by atoms with E-state index in [9.17, 15) is 9.59 Å². The molecular weight excluding hydrogens is 194 g/mol. The lowest BCUT2D eigenvalue weighted by atomic mass is 10.2. The molecule has 4 nitrogen and oxygen atoms in total. The Morgan fingerprint density at radius 3 is 2.60 bits per heavy atom. The van der Waals surface area contributed by atoms with Gasteiger partial charge in [0.25, 0.3) is 0 Å². The third kappa shape index (κ3) is 3.36. The predicted molar refractivity (Wildman–Crippen MR) is 55.0 cm³/mol. The normalized spacial score (nSPS) is 11.5. The van der Waals surface area contributed by atoms with Crippen LogP contribution >= 0.6 is 0 Å². The van der Waals surface area contributed by atoms with Crippen molar-refractivity contribution in [3.8, 4) is 0 Å². The van der Waals surface area contributed by atoms with Crippen LogP contribution in [0.3, 0.4) is 0 Å². The average molecular weight is 205 g/mol. The number of carbonyl (C=O) groups is 2. The molecular formula is C11H11NO3. The van der Waals surface area contributed by atoms with Gasteiger partial charge in [-0.25, -0.2) is 4.79 Å². The van der Waals surface area contributed by atoms with Crippen molar-refractivity contribution in [2.24, 2.45) is 0 Å². The van der Waals surface area contributed by atoms with Crippen LogP contribution < -0.4 is 5.48 Å². The summed E-state index contributed by atoms with van der Waals surface area (Å²) in [5.41, 5.74) is 2.70. The number of benzene rings is 1. The van der Waals surface area contributed by atoms with Gasteiger partial charge in [0, 0.05) is 0 Å². The van der Waals surface area contributed by atoms with E-state index in [1.165, 1.54) is 6.08 Å². The molecule has 0 aromatic heterocycles. The Hall–Kier alpha value is -1.94. The van der Waals surface area contributed by atoms with Crippen molar-refractivity contribution < 1.29 is 14.4 Å². The molecule has 1 rings (SSSR count). The van der Waals surface area contributed by atoms with Crippen LogP contribution in [0.4, 0.5) is 0 Å². The van der Waals surface area contributed by atoms with E-state index in [4.69, 9.17) is 0 Å². The zero-order chi connectivity index (χ0) is 11.1. The average Bonchev–Trinajstić information content (AvgIpc) is 2.31. The van der Waals surface area contributed by atoms with E-state index in [1.807, 2.05) is 0 Å². The van der Waals surface area contributed by atoms with E-state index in [1.54, 1.807) is 30.3 Å². The van der Waals surface area contributed by atoms with Crippen LogP contribution in [0.1, 0.15) is 10.4 Å². The van der Waals surface area contributed by atoms with E-state index in [-0.39, 0.29) is 0 Å². The van der Waals surface area contributed by atoms with Crippen molar-refractivity contribution in [3.63, 3.8) is 0 Å². The van der Waals surface area contributed by atoms with Crippen LogP contribution in [-0.2, 0) is 9.63 Å². The molecule has 0 aliphatic heterocycles. The van der Waals surface area contributed by atoms with Gasteiger partial charge < -0.3 is 9.63 Å².